The van der Waals surface area contributed by atoms with Gasteiger partial charge in [-0.25, -0.2) is 13.4 Å². The maximum Gasteiger partial charge on any atom is 0.216 e. The second-order valence-corrected chi connectivity index (χ2v) is 4.41. The number of sulfone groups is 1. The van der Waals surface area contributed by atoms with E-state index < -0.39 is 9.84 Å². The molecule has 0 amide bonds. The molecule has 0 N–H and O–H groups in total. The zero-order valence-corrected chi connectivity index (χ0v) is 8.21. The van der Waals surface area contributed by atoms with Crippen molar-refractivity contribution >= 4 is 9.84 Å². The highest BCUT2D eigenvalue weighted by Gasteiger charge is 2.09. The van der Waals surface area contributed by atoms with E-state index in [1.165, 1.54) is 6.07 Å². The Kier molecular flexibility index (Phi) is 2.83. The number of nitrogens with zero attached hydrogens (tertiary/aromatic N) is 1. The van der Waals surface area contributed by atoms with Crippen LogP contribution in [-0.2, 0) is 16.3 Å². The molecule has 0 bridgehead atoms. The van der Waals surface area contributed by atoms with Crippen LogP contribution in [0.1, 0.15) is 12.5 Å². The predicted octanol–water partition coefficient (Wildman–Crippen LogP) is 1.56. The molecular formula is C9H11NO2S. The summed E-state index contributed by atoms with van der Waals surface area (Å²) in [7, 11) is -3.37. The summed E-state index contributed by atoms with van der Waals surface area (Å²) in [4.78, 5) is 3.83. The first-order valence-corrected chi connectivity index (χ1v) is 5.47. The first kappa shape index (κ1) is 9.92. The molecule has 0 aromatic carbocycles. The molecule has 1 aromatic heterocycles. The number of hydrogen-bond donors (Lipinski definition) is 0. The van der Waals surface area contributed by atoms with Gasteiger partial charge in [0.05, 0.1) is 0 Å². The van der Waals surface area contributed by atoms with Gasteiger partial charge in [0.15, 0.2) is 5.03 Å². The van der Waals surface area contributed by atoms with Crippen LogP contribution in [0.15, 0.2) is 35.3 Å². The molecule has 0 fully saturated rings. The molecule has 13 heavy (non-hydrogen) atoms. The van der Waals surface area contributed by atoms with Gasteiger partial charge in [-0.05, 0) is 18.1 Å². The maximum atomic E-state index is 11.2. The molecule has 0 aliphatic rings. The van der Waals surface area contributed by atoms with E-state index in [-0.39, 0.29) is 5.03 Å². The molecule has 1 aromatic rings. The fourth-order valence-electron chi connectivity index (χ4n) is 0.874. The number of rotatable bonds is 3. The zero-order chi connectivity index (χ0) is 9.90. The smallest absolute Gasteiger partial charge is 0.216 e. The average molecular weight is 197 g/mol. The highest BCUT2D eigenvalue weighted by molar-refractivity contribution is 7.94. The van der Waals surface area contributed by atoms with E-state index in [9.17, 15) is 8.42 Å². The number of hydrogen-bond acceptors (Lipinski definition) is 3. The minimum atomic E-state index is -3.37. The first-order valence-electron chi connectivity index (χ1n) is 3.92. The van der Waals surface area contributed by atoms with Crippen molar-refractivity contribution in [3.05, 3.63) is 35.9 Å². The zero-order valence-electron chi connectivity index (χ0n) is 7.40. The molecule has 3 nitrogen and oxygen atoms in total. The topological polar surface area (TPSA) is 47.0 Å². The van der Waals surface area contributed by atoms with Crippen molar-refractivity contribution in [3.63, 3.8) is 0 Å². The Labute approximate surface area is 78.0 Å². The van der Waals surface area contributed by atoms with E-state index >= 15 is 0 Å². The fourth-order valence-corrected chi connectivity index (χ4v) is 1.50. The van der Waals surface area contributed by atoms with Crippen molar-refractivity contribution in [3.8, 4) is 0 Å². The third-order valence-corrected chi connectivity index (χ3v) is 2.98. The van der Waals surface area contributed by atoms with Gasteiger partial charge in [-0.2, -0.15) is 0 Å². The summed E-state index contributed by atoms with van der Waals surface area (Å²) in [6.45, 7) is 5.21. The van der Waals surface area contributed by atoms with Crippen molar-refractivity contribution in [2.24, 2.45) is 0 Å². The highest BCUT2D eigenvalue weighted by atomic mass is 32.2. The van der Waals surface area contributed by atoms with E-state index in [4.69, 9.17) is 0 Å². The van der Waals surface area contributed by atoms with Gasteiger partial charge < -0.3 is 0 Å². The Balaban J connectivity index is 3.13. The summed E-state index contributed by atoms with van der Waals surface area (Å²) in [6, 6.07) is 3.25. The first-order chi connectivity index (χ1) is 6.10. The second kappa shape index (κ2) is 3.70. The van der Waals surface area contributed by atoms with Crippen LogP contribution >= 0.6 is 0 Å². The fraction of sp³-hybridized carbons (Fsp3) is 0.222. The normalized spacial score (nSPS) is 11.2. The van der Waals surface area contributed by atoms with E-state index in [0.29, 0.717) is 0 Å². The van der Waals surface area contributed by atoms with E-state index in [2.05, 4.69) is 11.6 Å². The third-order valence-electron chi connectivity index (χ3n) is 1.72. The summed E-state index contributed by atoms with van der Waals surface area (Å²) >= 11 is 0. The summed E-state index contributed by atoms with van der Waals surface area (Å²) < 4.78 is 22.4. The Bertz CT molecular complexity index is 392. The van der Waals surface area contributed by atoms with Crippen LogP contribution in [0, 0.1) is 0 Å². The molecule has 0 atom stereocenters. The molecule has 0 radical (unpaired) electrons. The minimum Gasteiger partial charge on any atom is -0.244 e. The lowest BCUT2D eigenvalue weighted by atomic mass is 10.2. The molecule has 1 rings (SSSR count). The number of aromatic nitrogens is 1. The van der Waals surface area contributed by atoms with Crippen LogP contribution in [0.25, 0.3) is 0 Å². The van der Waals surface area contributed by atoms with Crippen LogP contribution in [0.3, 0.4) is 0 Å². The second-order valence-electron chi connectivity index (χ2n) is 2.57. The van der Waals surface area contributed by atoms with Gasteiger partial charge in [0.2, 0.25) is 9.84 Å². The predicted molar refractivity (Wildman–Crippen MR) is 51.0 cm³/mol. The van der Waals surface area contributed by atoms with Crippen molar-refractivity contribution in [2.75, 3.05) is 0 Å². The van der Waals surface area contributed by atoms with Crippen molar-refractivity contribution in [1.29, 1.82) is 0 Å². The van der Waals surface area contributed by atoms with E-state index in [1.807, 2.05) is 6.92 Å². The standard InChI is InChI=1S/C9H11NO2S/c1-3-8-5-6-9(10-7-8)13(11,12)4-2/h4-7H,2-3H2,1H3. The molecule has 1 heterocycles. The van der Waals surface area contributed by atoms with Crippen LogP contribution in [0.2, 0.25) is 0 Å². The molecule has 0 aliphatic carbocycles. The minimum absolute atomic E-state index is 0.0553. The van der Waals surface area contributed by atoms with E-state index in [1.54, 1.807) is 12.3 Å². The van der Waals surface area contributed by atoms with Crippen molar-refractivity contribution < 1.29 is 8.42 Å². The molecular weight excluding hydrogens is 186 g/mol. The van der Waals surface area contributed by atoms with Crippen molar-refractivity contribution in [2.45, 2.75) is 18.4 Å². The van der Waals surface area contributed by atoms with E-state index in [0.717, 1.165) is 17.4 Å². The third kappa shape index (κ3) is 2.15. The SMILES string of the molecule is C=CS(=O)(=O)c1ccc(CC)cn1. The quantitative estimate of drug-likeness (QED) is 0.738. The molecule has 4 heteroatoms. The monoisotopic (exact) mass is 197 g/mol. The van der Waals surface area contributed by atoms with Gasteiger partial charge in [-0.3, -0.25) is 0 Å². The average Bonchev–Trinajstić information content (AvgIpc) is 2.18. The van der Waals surface area contributed by atoms with Crippen molar-refractivity contribution in [1.82, 2.24) is 4.98 Å². The summed E-state index contributed by atoms with van der Waals surface area (Å²) in [5.41, 5.74) is 1.02. The van der Waals surface area contributed by atoms with Gasteiger partial charge in [-0.1, -0.05) is 19.6 Å². The highest BCUT2D eigenvalue weighted by Crippen LogP contribution is 2.09. The lowest BCUT2D eigenvalue weighted by Gasteiger charge is -1.98. The Morgan fingerprint density at radius 3 is 2.62 bits per heavy atom. The van der Waals surface area contributed by atoms with Gasteiger partial charge in [0, 0.05) is 11.6 Å². The Hall–Kier alpha value is -1.16. The molecule has 0 aliphatic heterocycles. The van der Waals surface area contributed by atoms with Gasteiger partial charge >= 0.3 is 0 Å². The van der Waals surface area contributed by atoms with Crippen LogP contribution in [0.4, 0.5) is 0 Å². The molecule has 70 valence electrons. The number of pyridine rings is 1. The van der Waals surface area contributed by atoms with Crippen LogP contribution in [0.5, 0.6) is 0 Å². The lowest BCUT2D eigenvalue weighted by molar-refractivity contribution is 0.601. The lowest BCUT2D eigenvalue weighted by Crippen LogP contribution is -1.99. The Morgan fingerprint density at radius 2 is 2.23 bits per heavy atom. The van der Waals surface area contributed by atoms with Gasteiger partial charge in [0.25, 0.3) is 0 Å². The summed E-state index contributed by atoms with van der Waals surface area (Å²) in [6.07, 6.45) is 2.41. The molecule has 0 unspecified atom stereocenters. The summed E-state index contributed by atoms with van der Waals surface area (Å²) in [5, 5.41) is 0.959. The summed E-state index contributed by atoms with van der Waals surface area (Å²) in [5.74, 6) is 0. The van der Waals surface area contributed by atoms with Crippen LogP contribution in [-0.4, -0.2) is 13.4 Å². The van der Waals surface area contributed by atoms with Gasteiger partial charge in [0.1, 0.15) is 0 Å². The van der Waals surface area contributed by atoms with Crippen LogP contribution < -0.4 is 0 Å². The van der Waals surface area contributed by atoms with Gasteiger partial charge in [-0.15, -0.1) is 0 Å². The molecule has 0 spiro atoms. The molecule has 0 saturated carbocycles. The number of aryl methyl sites for hydroxylation is 1. The maximum absolute atomic E-state index is 11.2. The Morgan fingerprint density at radius 1 is 1.54 bits per heavy atom. The largest absolute Gasteiger partial charge is 0.244 e. The molecule has 0 saturated heterocycles.